The fourth-order valence-corrected chi connectivity index (χ4v) is 17.2. The third-order valence-electron chi connectivity index (χ3n) is 21.2. The van der Waals surface area contributed by atoms with Crippen LogP contribution in [-0.2, 0) is 139 Å². The first-order valence-corrected chi connectivity index (χ1v) is 50.9. The van der Waals surface area contributed by atoms with Crippen LogP contribution in [0.4, 0.5) is 11.4 Å². The van der Waals surface area contributed by atoms with Crippen molar-refractivity contribution in [3.05, 3.63) is 147 Å². The van der Waals surface area contributed by atoms with Gasteiger partial charge in [-0.3, -0.25) is 47.2 Å². The van der Waals surface area contributed by atoms with Crippen LogP contribution in [0, 0.1) is 5.92 Å². The van der Waals surface area contributed by atoms with Crippen LogP contribution in [-0.4, -0.2) is 298 Å². The molecule has 3 aromatic carbocycles. The molecule has 2 aliphatic rings. The lowest BCUT2D eigenvalue weighted by molar-refractivity contribution is -0.438. The minimum atomic E-state index is -4.66. The van der Waals surface area contributed by atoms with E-state index in [2.05, 4.69) is 25.8 Å². The number of unbranched alkanes of at least 4 members (excludes halogenated alkanes) is 6. The molecule has 3 atom stereocenters. The third kappa shape index (κ3) is 45.3. The number of amides is 3. The third-order valence-corrected chi connectivity index (χ3v) is 24.9. The summed E-state index contributed by atoms with van der Waals surface area (Å²) in [5.74, 6) is -4.44. The summed E-state index contributed by atoms with van der Waals surface area (Å²) >= 11 is 12.4. The summed E-state index contributed by atoms with van der Waals surface area (Å²) in [5, 5.41) is 18.5. The Labute approximate surface area is 779 Å². The molecule has 4 aromatic rings. The number of carbonyl (C=O) groups is 5. The highest BCUT2D eigenvalue weighted by molar-refractivity contribution is 7.86. The fraction of sp³-hybridized carbons (Fsp3) is 0.607. The van der Waals surface area contributed by atoms with Gasteiger partial charge >= 0.3 is 5.97 Å². The number of Topliss-reactive ketones (excluding diaryl/α,β-unsaturated/α-hetero) is 1. The van der Waals surface area contributed by atoms with Gasteiger partial charge in [-0.25, -0.2) is 0 Å². The molecule has 6 rings (SSSR count). The first-order chi connectivity index (χ1) is 62.6. The lowest BCUT2D eigenvalue weighted by atomic mass is 9.75. The number of carboxylic acid groups (broad SMARTS) is 1. The molecular weight excluding hydrogens is 1830 g/mol. The molecule has 0 bridgehead atoms. The largest absolute Gasteiger partial charge is 0.481 e. The van der Waals surface area contributed by atoms with Crippen LogP contribution in [0.15, 0.2) is 125 Å². The summed E-state index contributed by atoms with van der Waals surface area (Å²) in [4.78, 5) is 70.1. The molecule has 3 amide bonds. The maximum absolute atomic E-state index is 13.7. The maximum atomic E-state index is 13.7. The molecule has 0 radical (unpaired) electrons. The van der Waals surface area contributed by atoms with Crippen molar-refractivity contribution in [2.45, 2.75) is 157 Å². The summed E-state index contributed by atoms with van der Waals surface area (Å²) in [6.45, 7) is 15.1. The zero-order valence-electron chi connectivity index (χ0n) is 75.0. The Hall–Kier alpha value is -7.21. The van der Waals surface area contributed by atoms with E-state index in [-0.39, 0.29) is 122 Å². The topological polar surface area (TPSA) is 489 Å². The zero-order chi connectivity index (χ0) is 95.4. The van der Waals surface area contributed by atoms with Gasteiger partial charge in [0.15, 0.2) is 5.71 Å². The van der Waals surface area contributed by atoms with Gasteiger partial charge in [0.25, 0.3) is 40.5 Å². The zero-order valence-corrected chi connectivity index (χ0v) is 79.7. The highest BCUT2D eigenvalue weighted by atomic mass is 35.5. The van der Waals surface area contributed by atoms with E-state index in [1.54, 1.807) is 36.6 Å². The minimum Gasteiger partial charge on any atom is -0.481 e. The van der Waals surface area contributed by atoms with Crippen LogP contribution in [0.25, 0.3) is 0 Å². The average molecular weight is 1960 g/mol. The molecule has 36 nitrogen and oxygen atoms in total. The number of benzene rings is 3. The molecule has 0 saturated carbocycles. The van der Waals surface area contributed by atoms with Crippen LogP contribution in [0.1, 0.15) is 152 Å². The number of aliphatic carboxylic acids is 1. The monoisotopic (exact) mass is 1960 g/mol. The van der Waals surface area contributed by atoms with Crippen LogP contribution in [0.5, 0.6) is 0 Å². The van der Waals surface area contributed by atoms with E-state index in [1.807, 2.05) is 49.6 Å². The van der Waals surface area contributed by atoms with Gasteiger partial charge in [0.2, 0.25) is 23.4 Å². The van der Waals surface area contributed by atoms with E-state index in [9.17, 15) is 81.0 Å². The molecule has 3 heterocycles. The Morgan fingerprint density at radius 1 is 0.504 bits per heavy atom. The van der Waals surface area contributed by atoms with Gasteiger partial charge in [0, 0.05) is 108 Å². The van der Waals surface area contributed by atoms with E-state index in [4.69, 9.17) is 80.0 Å². The summed E-state index contributed by atoms with van der Waals surface area (Å²) in [5.41, 5.74) is 3.50. The molecule has 1 aromatic heterocycles. The number of aromatic nitrogens is 1. The van der Waals surface area contributed by atoms with E-state index in [0.29, 0.717) is 206 Å². The van der Waals surface area contributed by atoms with Gasteiger partial charge in [0.1, 0.15) is 12.3 Å². The number of ether oxygens (including phenoxy) is 12. The Morgan fingerprint density at radius 3 is 1.50 bits per heavy atom. The predicted octanol–water partition coefficient (Wildman–Crippen LogP) is 9.85. The number of carbonyl (C=O) groups excluding carboxylic acids is 4. The fourth-order valence-electron chi connectivity index (χ4n) is 14.5. The average Bonchev–Trinajstić information content (AvgIpc) is 1.66. The lowest BCUT2D eigenvalue weighted by Gasteiger charge is -2.27. The quantitative estimate of drug-likeness (QED) is 0.00881. The Morgan fingerprint density at radius 2 is 0.992 bits per heavy atom. The number of halogens is 2. The number of fused-ring (bicyclic) bond motifs is 2. The van der Waals surface area contributed by atoms with Gasteiger partial charge in [0.05, 0.1) is 204 Å². The second kappa shape index (κ2) is 61.0. The second-order valence-electron chi connectivity index (χ2n) is 31.7. The number of pyridine rings is 1. The normalized spacial score (nSPS) is 15.4. The smallest absolute Gasteiger partial charge is 0.305 e. The van der Waals surface area contributed by atoms with Crippen molar-refractivity contribution in [3.8, 4) is 0 Å². The van der Waals surface area contributed by atoms with Crippen molar-refractivity contribution in [1.82, 2.24) is 20.9 Å². The molecule has 0 spiro atoms. The lowest BCUT2D eigenvalue weighted by Crippen LogP contribution is -2.42. The first kappa shape index (κ1) is 113. The molecule has 2 unspecified atom stereocenters. The number of nitrogens with one attached hydrogen (secondary N) is 3. The van der Waals surface area contributed by atoms with E-state index < -0.39 is 99.0 Å². The highest BCUT2D eigenvalue weighted by Crippen LogP contribution is 2.49. The number of allylic oxidation sites excluding steroid dienone is 6. The summed E-state index contributed by atoms with van der Waals surface area (Å²) in [7, 11) is -17.8. The summed E-state index contributed by atoms with van der Waals surface area (Å²) in [6, 6.07) is 17.8. The number of hydrogen-bond donors (Lipinski definition) is 8. The van der Waals surface area contributed by atoms with E-state index in [0.717, 1.165) is 36.3 Å². The molecular formula is C89H131Cl2N6O30S4+. The van der Waals surface area contributed by atoms with Crippen molar-refractivity contribution < 1.29 is 142 Å². The molecule has 8 N–H and O–H groups in total. The maximum Gasteiger partial charge on any atom is 0.305 e. The van der Waals surface area contributed by atoms with Gasteiger partial charge in [-0.15, -0.1) is 0 Å². The summed E-state index contributed by atoms with van der Waals surface area (Å²) in [6.07, 6.45) is 16.5. The Kier molecular flexibility index (Phi) is 52.4. The number of anilines is 1. The molecule has 2 aliphatic heterocycles. The SMILES string of the molecule is CC1(CCCCS(=O)(=O)O)C(/C=C/C=C/C=C2/N(CCCCCC(=O)NCCOCCOCCOCCOCCOCCOCCOCCOCCOCCOCCOCCOCCC(=O)NC[C@H](CC(=O)CCCCCc3ccccn3)C(=O)NC(CC(=O)O)c3cc(Cl)cc(Cl)c3)c3ccc(S(=O)(=O)O)cc3C2(C)C)=[N+](CCCCS(=O)(=O)O)c2ccc(S(=O)(=O)O)cc21. The second-order valence-corrected chi connectivity index (χ2v) is 38.6. The Balaban J connectivity index is 0.712. The highest BCUT2D eigenvalue weighted by Gasteiger charge is 2.48. The number of nitrogens with zero attached hydrogens (tertiary/aromatic N) is 3. The van der Waals surface area contributed by atoms with E-state index in [1.165, 1.54) is 48.5 Å². The molecule has 131 heavy (non-hydrogen) atoms. The molecule has 734 valence electrons. The number of rotatable bonds is 75. The molecule has 0 saturated heterocycles. The summed E-state index contributed by atoms with van der Waals surface area (Å²) < 4.78 is 204. The van der Waals surface area contributed by atoms with Crippen molar-refractivity contribution in [2.24, 2.45) is 5.92 Å². The number of ketones is 1. The van der Waals surface area contributed by atoms with Crippen LogP contribution >= 0.6 is 23.2 Å². The van der Waals surface area contributed by atoms with Crippen LogP contribution < -0.4 is 20.9 Å². The van der Waals surface area contributed by atoms with Gasteiger partial charge < -0.3 is 82.8 Å². The van der Waals surface area contributed by atoms with E-state index >= 15 is 0 Å². The van der Waals surface area contributed by atoms with Crippen molar-refractivity contribution >= 4 is 110 Å². The van der Waals surface area contributed by atoms with Crippen molar-refractivity contribution in [2.75, 3.05) is 201 Å². The predicted molar refractivity (Wildman–Crippen MR) is 490 cm³/mol. The number of aryl methyl sites for hydroxylation is 1. The van der Waals surface area contributed by atoms with Gasteiger partial charge in [-0.05, 0) is 136 Å². The first-order valence-electron chi connectivity index (χ1n) is 44.0. The minimum absolute atomic E-state index is 0.0110. The van der Waals surface area contributed by atoms with Crippen molar-refractivity contribution in [3.63, 3.8) is 0 Å². The number of hydrogen-bond acceptors (Lipinski definition) is 27. The van der Waals surface area contributed by atoms with Crippen LogP contribution in [0.2, 0.25) is 10.0 Å². The Bertz CT molecular complexity index is 4760. The number of carboxylic acids is 1. The standard InChI is InChI=1S/C89H130Cl2N6O30S4/c1-88(2)77-65-75(130(110,111)112)25-27-80(77)96(82(88)22-9-5-10-23-83-89(3,30-13-17-59-128(104,105)106)78-66-76(131(113,114)115)26-28-81(78)97(83)34-16-18-60-129(107,108)109)33-15-6-11-24-84(99)93-32-36-117-38-40-119-42-44-121-46-48-123-50-52-125-54-56-127-58-57-126-55-53-124-51-49-122-47-45-120-43-41-118-39-37-116-35-29-85(100)94-68-70(63-74(98)21-8-4-7-19-73-20-12-14-31-92-73)87(103)95-79(67-86(101)102)69-61-71(90)64-72(91)62-69/h5,9-10,12,14,20,22-23,25-28,31,61-62,64-66,70,79H,4,6-8,11,13,15-19,21,24,29-30,32-60,63,67-68H2,1-3H3,(H7-,93,94,95,99,100,101,102,103,104,105,106,107,108,109,110,111,112,113,114,115)/p+1/t70-,79?,89?/m0/s1. The van der Waals surface area contributed by atoms with Gasteiger partial charge in [-0.2, -0.15) is 38.2 Å². The van der Waals surface area contributed by atoms with Crippen molar-refractivity contribution in [1.29, 1.82) is 0 Å². The molecule has 0 fully saturated rings. The van der Waals surface area contributed by atoms with Gasteiger partial charge in [-0.1, -0.05) is 80.6 Å². The van der Waals surface area contributed by atoms with Crippen LogP contribution in [0.3, 0.4) is 0 Å². The molecule has 0 aliphatic carbocycles. The molecule has 42 heteroatoms.